The molecule has 3 rings (SSSR count). The summed E-state index contributed by atoms with van der Waals surface area (Å²) in [6.45, 7) is 3.05. The topological polar surface area (TPSA) is 46.2 Å². The number of hydrogen-bond acceptors (Lipinski definition) is 3. The highest BCUT2D eigenvalue weighted by molar-refractivity contribution is 7.91. The van der Waals surface area contributed by atoms with Gasteiger partial charge in [-0.1, -0.05) is 29.8 Å². The predicted molar refractivity (Wildman–Crippen MR) is 86.2 cm³/mol. The molecule has 1 aliphatic heterocycles. The second kappa shape index (κ2) is 6.09. The summed E-state index contributed by atoms with van der Waals surface area (Å²) < 4.78 is 23.5. The summed E-state index contributed by atoms with van der Waals surface area (Å²) in [5.41, 5.74) is 2.60. The molecule has 116 valence electrons. The van der Waals surface area contributed by atoms with Crippen molar-refractivity contribution in [2.75, 3.05) is 18.1 Å². The van der Waals surface area contributed by atoms with E-state index in [2.05, 4.69) is 36.5 Å². The molecule has 1 aliphatic carbocycles. The minimum atomic E-state index is -2.79. The van der Waals surface area contributed by atoms with E-state index in [-0.39, 0.29) is 0 Å². The molecule has 2 unspecified atom stereocenters. The van der Waals surface area contributed by atoms with Gasteiger partial charge in [-0.15, -0.1) is 0 Å². The van der Waals surface area contributed by atoms with Gasteiger partial charge in [0.2, 0.25) is 0 Å². The third-order valence-corrected chi connectivity index (χ3v) is 6.59. The molecular weight excluding hydrogens is 282 g/mol. The van der Waals surface area contributed by atoms with Crippen LogP contribution in [0.5, 0.6) is 0 Å². The second-order valence-electron chi connectivity index (χ2n) is 6.80. The van der Waals surface area contributed by atoms with E-state index in [1.54, 1.807) is 0 Å². The lowest BCUT2D eigenvalue weighted by Crippen LogP contribution is -2.31. The van der Waals surface area contributed by atoms with Crippen LogP contribution in [0.25, 0.3) is 0 Å². The van der Waals surface area contributed by atoms with Gasteiger partial charge in [0.25, 0.3) is 0 Å². The molecule has 0 spiro atoms. The maximum atomic E-state index is 11.8. The molecule has 2 aliphatic rings. The molecule has 1 aromatic carbocycles. The zero-order valence-electron chi connectivity index (χ0n) is 12.7. The molecule has 1 aromatic rings. The zero-order chi connectivity index (χ0) is 14.9. The van der Waals surface area contributed by atoms with Crippen molar-refractivity contribution >= 4 is 9.84 Å². The van der Waals surface area contributed by atoms with Crippen molar-refractivity contribution in [1.82, 2.24) is 5.32 Å². The monoisotopic (exact) mass is 307 g/mol. The highest BCUT2D eigenvalue weighted by Crippen LogP contribution is 2.29. The molecule has 1 heterocycles. The van der Waals surface area contributed by atoms with E-state index in [4.69, 9.17) is 0 Å². The molecule has 2 fully saturated rings. The average molecular weight is 307 g/mol. The van der Waals surface area contributed by atoms with Gasteiger partial charge in [0.1, 0.15) is 0 Å². The molecule has 0 amide bonds. The first-order chi connectivity index (χ1) is 10.0. The number of hydrogen-bond donors (Lipinski definition) is 1. The van der Waals surface area contributed by atoms with Crippen LogP contribution in [0.4, 0.5) is 0 Å². The Morgan fingerprint density at radius 1 is 1.19 bits per heavy atom. The SMILES string of the molecule is Cc1ccc(CC(CNC2CC2)C2CCS(=O)(=O)C2)cc1. The first-order valence-corrected chi connectivity index (χ1v) is 9.83. The summed E-state index contributed by atoms with van der Waals surface area (Å²) in [6.07, 6.45) is 4.38. The van der Waals surface area contributed by atoms with E-state index in [0.29, 0.717) is 29.4 Å². The zero-order valence-corrected chi connectivity index (χ0v) is 13.5. The smallest absolute Gasteiger partial charge is 0.150 e. The molecular formula is C17H25NO2S. The highest BCUT2D eigenvalue weighted by atomic mass is 32.2. The maximum absolute atomic E-state index is 11.8. The first-order valence-electron chi connectivity index (χ1n) is 8.01. The van der Waals surface area contributed by atoms with Gasteiger partial charge in [-0.2, -0.15) is 0 Å². The number of rotatable bonds is 6. The maximum Gasteiger partial charge on any atom is 0.150 e. The summed E-state index contributed by atoms with van der Waals surface area (Å²) in [4.78, 5) is 0. The van der Waals surface area contributed by atoms with E-state index >= 15 is 0 Å². The standard InChI is InChI=1S/C17H25NO2S/c1-13-2-4-14(5-3-13)10-16(11-18-17-6-7-17)15-8-9-21(19,20)12-15/h2-5,15-18H,6-12H2,1H3. The Labute approximate surface area is 128 Å². The Morgan fingerprint density at radius 2 is 1.90 bits per heavy atom. The average Bonchev–Trinajstić information content (AvgIpc) is 3.20. The van der Waals surface area contributed by atoms with Crippen LogP contribution in [0.1, 0.15) is 30.4 Å². The van der Waals surface area contributed by atoms with Gasteiger partial charge in [-0.25, -0.2) is 8.42 Å². The van der Waals surface area contributed by atoms with Crippen LogP contribution in [0, 0.1) is 18.8 Å². The molecule has 0 radical (unpaired) electrons. The van der Waals surface area contributed by atoms with Crippen molar-refractivity contribution in [3.8, 4) is 0 Å². The molecule has 1 N–H and O–H groups in total. The Morgan fingerprint density at radius 3 is 2.48 bits per heavy atom. The van der Waals surface area contributed by atoms with Gasteiger partial charge in [-0.3, -0.25) is 0 Å². The number of aryl methyl sites for hydroxylation is 1. The van der Waals surface area contributed by atoms with Crippen LogP contribution in [0.15, 0.2) is 24.3 Å². The third kappa shape index (κ3) is 4.30. The summed E-state index contributed by atoms with van der Waals surface area (Å²) in [5, 5.41) is 3.60. The minimum Gasteiger partial charge on any atom is -0.314 e. The molecule has 0 aromatic heterocycles. The van der Waals surface area contributed by atoms with Crippen molar-refractivity contribution in [2.45, 2.75) is 38.6 Å². The number of benzene rings is 1. The molecule has 1 saturated heterocycles. The van der Waals surface area contributed by atoms with Crippen molar-refractivity contribution in [3.63, 3.8) is 0 Å². The summed E-state index contributed by atoms with van der Waals surface area (Å²) >= 11 is 0. The van der Waals surface area contributed by atoms with Crippen LogP contribution >= 0.6 is 0 Å². The van der Waals surface area contributed by atoms with Crippen LogP contribution in [-0.4, -0.2) is 32.5 Å². The fraction of sp³-hybridized carbons (Fsp3) is 0.647. The molecule has 4 heteroatoms. The lowest BCUT2D eigenvalue weighted by molar-refractivity contribution is 0.342. The fourth-order valence-corrected chi connectivity index (χ4v) is 5.15. The van der Waals surface area contributed by atoms with Crippen LogP contribution < -0.4 is 5.32 Å². The quantitative estimate of drug-likeness (QED) is 0.877. The number of nitrogens with one attached hydrogen (secondary N) is 1. The largest absolute Gasteiger partial charge is 0.314 e. The molecule has 0 bridgehead atoms. The Hall–Kier alpha value is -0.870. The van der Waals surface area contributed by atoms with E-state index in [1.807, 2.05) is 0 Å². The van der Waals surface area contributed by atoms with E-state index < -0.39 is 9.84 Å². The first kappa shape index (κ1) is 15.0. The summed E-state index contributed by atoms with van der Waals surface area (Å²) in [7, 11) is -2.79. The van der Waals surface area contributed by atoms with Crippen LogP contribution in [0.3, 0.4) is 0 Å². The lowest BCUT2D eigenvalue weighted by atomic mass is 9.86. The van der Waals surface area contributed by atoms with Gasteiger partial charge in [0.15, 0.2) is 9.84 Å². The van der Waals surface area contributed by atoms with Gasteiger partial charge in [0, 0.05) is 6.04 Å². The van der Waals surface area contributed by atoms with Gasteiger partial charge < -0.3 is 5.32 Å². The van der Waals surface area contributed by atoms with Gasteiger partial charge in [-0.05, 0) is 56.6 Å². The number of sulfone groups is 1. The lowest BCUT2D eigenvalue weighted by Gasteiger charge is -2.23. The normalized spacial score (nSPS) is 25.9. The predicted octanol–water partition coefficient (Wildman–Crippen LogP) is 2.34. The fourth-order valence-electron chi connectivity index (χ4n) is 3.23. The molecule has 2 atom stereocenters. The third-order valence-electron chi connectivity index (χ3n) is 4.80. The Kier molecular flexibility index (Phi) is 4.36. The Balaban J connectivity index is 1.67. The van der Waals surface area contributed by atoms with E-state index in [9.17, 15) is 8.42 Å². The molecule has 1 saturated carbocycles. The van der Waals surface area contributed by atoms with Gasteiger partial charge in [0.05, 0.1) is 11.5 Å². The molecule has 3 nitrogen and oxygen atoms in total. The van der Waals surface area contributed by atoms with Crippen molar-refractivity contribution in [2.24, 2.45) is 11.8 Å². The van der Waals surface area contributed by atoms with Crippen molar-refractivity contribution < 1.29 is 8.42 Å². The van der Waals surface area contributed by atoms with Gasteiger partial charge >= 0.3 is 0 Å². The minimum absolute atomic E-state index is 0.322. The second-order valence-corrected chi connectivity index (χ2v) is 9.02. The summed E-state index contributed by atoms with van der Waals surface area (Å²) in [6, 6.07) is 9.34. The Bertz CT molecular complexity index is 575. The summed E-state index contributed by atoms with van der Waals surface area (Å²) in [5.74, 6) is 1.52. The van der Waals surface area contributed by atoms with Crippen molar-refractivity contribution in [3.05, 3.63) is 35.4 Å². The molecule has 21 heavy (non-hydrogen) atoms. The highest BCUT2D eigenvalue weighted by Gasteiger charge is 2.34. The van der Waals surface area contributed by atoms with E-state index in [1.165, 1.54) is 24.0 Å². The van der Waals surface area contributed by atoms with E-state index in [0.717, 1.165) is 19.4 Å². The van der Waals surface area contributed by atoms with Crippen LogP contribution in [-0.2, 0) is 16.3 Å². The van der Waals surface area contributed by atoms with Crippen molar-refractivity contribution in [1.29, 1.82) is 0 Å². The van der Waals surface area contributed by atoms with Crippen LogP contribution in [0.2, 0.25) is 0 Å².